The molecule has 1 saturated carbocycles. The van der Waals surface area contributed by atoms with E-state index >= 15 is 0 Å². The fraction of sp³-hybridized carbons (Fsp3) is 1.00. The van der Waals surface area contributed by atoms with Crippen molar-refractivity contribution in [3.8, 4) is 0 Å². The second kappa shape index (κ2) is 5.91. The Bertz CT molecular complexity index is 354. The van der Waals surface area contributed by atoms with Crippen molar-refractivity contribution in [1.82, 2.24) is 0 Å². The van der Waals surface area contributed by atoms with Crippen LogP contribution in [0.2, 0.25) is 0 Å². The van der Waals surface area contributed by atoms with Gasteiger partial charge in [0.1, 0.15) is 0 Å². The van der Waals surface area contributed by atoms with Gasteiger partial charge in [-0.2, -0.15) is 0 Å². The van der Waals surface area contributed by atoms with E-state index in [2.05, 4.69) is 6.92 Å². The summed E-state index contributed by atoms with van der Waals surface area (Å²) in [5.74, 6) is 1.03. The van der Waals surface area contributed by atoms with E-state index in [-0.39, 0.29) is 17.8 Å². The van der Waals surface area contributed by atoms with Crippen molar-refractivity contribution in [2.24, 2.45) is 11.8 Å². The first-order chi connectivity index (χ1) is 8.17. The van der Waals surface area contributed by atoms with Gasteiger partial charge in [-0.3, -0.25) is 0 Å². The Hall–Kier alpha value is -0.0900. The number of aliphatic hydroxyl groups is 1. The standard InChI is InChI=1S/C14H28O3S/c1-5-11-6-7-13(15)12(10-11)8-9-18(16,17)14(2,3)4/h11-13,15H,5-10H2,1-4H3. The maximum Gasteiger partial charge on any atom is 0.155 e. The van der Waals surface area contributed by atoms with Gasteiger partial charge >= 0.3 is 0 Å². The number of hydrogen-bond acceptors (Lipinski definition) is 3. The molecule has 1 aliphatic rings. The molecule has 3 atom stereocenters. The number of rotatable bonds is 4. The van der Waals surface area contributed by atoms with Gasteiger partial charge < -0.3 is 5.11 Å². The predicted molar refractivity (Wildman–Crippen MR) is 75.3 cm³/mol. The summed E-state index contributed by atoms with van der Waals surface area (Å²) in [6, 6.07) is 0. The molecule has 1 fully saturated rings. The van der Waals surface area contributed by atoms with E-state index in [0.717, 1.165) is 25.7 Å². The van der Waals surface area contributed by atoms with Crippen molar-refractivity contribution in [3.63, 3.8) is 0 Å². The summed E-state index contributed by atoms with van der Waals surface area (Å²) in [5.41, 5.74) is 0. The normalized spacial score (nSPS) is 30.4. The van der Waals surface area contributed by atoms with Gasteiger partial charge in [-0.25, -0.2) is 8.42 Å². The number of aliphatic hydroxyl groups excluding tert-OH is 1. The fourth-order valence-corrected chi connectivity index (χ4v) is 3.86. The molecule has 0 bridgehead atoms. The Kier molecular flexibility index (Phi) is 5.24. The van der Waals surface area contributed by atoms with E-state index in [1.165, 1.54) is 0 Å². The minimum atomic E-state index is -3.06. The van der Waals surface area contributed by atoms with Gasteiger partial charge in [0.2, 0.25) is 0 Å². The largest absolute Gasteiger partial charge is 0.393 e. The van der Waals surface area contributed by atoms with Crippen LogP contribution in [0.5, 0.6) is 0 Å². The smallest absolute Gasteiger partial charge is 0.155 e. The van der Waals surface area contributed by atoms with Crippen LogP contribution in [0, 0.1) is 11.8 Å². The Labute approximate surface area is 112 Å². The van der Waals surface area contributed by atoms with Crippen LogP contribution >= 0.6 is 0 Å². The van der Waals surface area contributed by atoms with Crippen molar-refractivity contribution in [1.29, 1.82) is 0 Å². The third-order valence-corrected chi connectivity index (χ3v) is 6.96. The molecule has 18 heavy (non-hydrogen) atoms. The molecule has 1 N–H and O–H groups in total. The van der Waals surface area contributed by atoms with E-state index in [1.54, 1.807) is 20.8 Å². The van der Waals surface area contributed by atoms with Gasteiger partial charge in [-0.15, -0.1) is 0 Å². The average Bonchev–Trinajstić information content (AvgIpc) is 2.26. The zero-order chi connectivity index (χ0) is 14.0. The molecule has 4 heteroatoms. The summed E-state index contributed by atoms with van der Waals surface area (Å²) < 4.78 is 23.5. The van der Waals surface area contributed by atoms with Crippen LogP contribution in [0.1, 0.15) is 59.8 Å². The van der Waals surface area contributed by atoms with E-state index in [4.69, 9.17) is 0 Å². The molecule has 0 radical (unpaired) electrons. The first-order valence-corrected chi connectivity index (χ1v) is 8.73. The van der Waals surface area contributed by atoms with Crippen LogP contribution in [0.25, 0.3) is 0 Å². The van der Waals surface area contributed by atoms with Gasteiger partial charge in [0.15, 0.2) is 9.84 Å². The zero-order valence-corrected chi connectivity index (χ0v) is 13.0. The third-order valence-electron chi connectivity index (χ3n) is 4.32. The highest BCUT2D eigenvalue weighted by molar-refractivity contribution is 7.92. The topological polar surface area (TPSA) is 54.4 Å². The molecule has 3 unspecified atom stereocenters. The molecule has 1 aliphatic carbocycles. The van der Waals surface area contributed by atoms with Gasteiger partial charge in [0.05, 0.1) is 16.6 Å². The minimum Gasteiger partial charge on any atom is -0.393 e. The highest BCUT2D eigenvalue weighted by Crippen LogP contribution is 2.34. The Morgan fingerprint density at radius 2 is 1.83 bits per heavy atom. The Morgan fingerprint density at radius 1 is 1.22 bits per heavy atom. The van der Waals surface area contributed by atoms with Crippen molar-refractivity contribution in [3.05, 3.63) is 0 Å². The first-order valence-electron chi connectivity index (χ1n) is 7.07. The molecule has 1 rings (SSSR count). The summed E-state index contributed by atoms with van der Waals surface area (Å²) in [6.45, 7) is 7.41. The van der Waals surface area contributed by atoms with Crippen LogP contribution in [0.4, 0.5) is 0 Å². The van der Waals surface area contributed by atoms with Crippen molar-refractivity contribution < 1.29 is 13.5 Å². The molecule has 0 spiro atoms. The van der Waals surface area contributed by atoms with Crippen molar-refractivity contribution in [2.75, 3.05) is 5.75 Å². The van der Waals surface area contributed by atoms with E-state index < -0.39 is 14.6 Å². The van der Waals surface area contributed by atoms with Crippen LogP contribution in [0.3, 0.4) is 0 Å². The molecule has 0 aromatic rings. The van der Waals surface area contributed by atoms with Gasteiger partial charge in [0.25, 0.3) is 0 Å². The van der Waals surface area contributed by atoms with Crippen LogP contribution < -0.4 is 0 Å². The molecule has 0 saturated heterocycles. The van der Waals surface area contributed by atoms with E-state index in [0.29, 0.717) is 12.3 Å². The van der Waals surface area contributed by atoms with Gasteiger partial charge in [0, 0.05) is 0 Å². The lowest BCUT2D eigenvalue weighted by atomic mass is 9.77. The highest BCUT2D eigenvalue weighted by atomic mass is 32.2. The fourth-order valence-electron chi connectivity index (χ4n) is 2.64. The molecular weight excluding hydrogens is 248 g/mol. The lowest BCUT2D eigenvalue weighted by molar-refractivity contribution is 0.0458. The molecule has 0 heterocycles. The quantitative estimate of drug-likeness (QED) is 0.859. The number of sulfone groups is 1. The number of hydrogen-bond donors (Lipinski definition) is 1. The monoisotopic (exact) mass is 276 g/mol. The SMILES string of the molecule is CCC1CCC(O)C(CCS(=O)(=O)C(C)(C)C)C1. The van der Waals surface area contributed by atoms with Gasteiger partial charge in [-0.05, 0) is 58.3 Å². The molecule has 0 amide bonds. The van der Waals surface area contributed by atoms with Crippen LogP contribution in [-0.2, 0) is 9.84 Å². The molecule has 108 valence electrons. The first kappa shape index (κ1) is 16.0. The Morgan fingerprint density at radius 3 is 2.33 bits per heavy atom. The average molecular weight is 276 g/mol. The maximum absolute atomic E-state index is 12.1. The summed E-state index contributed by atoms with van der Waals surface area (Å²) in [5, 5.41) is 9.99. The van der Waals surface area contributed by atoms with E-state index in [1.807, 2.05) is 0 Å². The molecule has 0 aromatic heterocycles. The minimum absolute atomic E-state index is 0.167. The summed E-state index contributed by atoms with van der Waals surface area (Å²) in [4.78, 5) is 0. The van der Waals surface area contributed by atoms with E-state index in [9.17, 15) is 13.5 Å². The van der Waals surface area contributed by atoms with Crippen LogP contribution in [0.15, 0.2) is 0 Å². The summed E-state index contributed by atoms with van der Waals surface area (Å²) in [6.07, 6.45) is 4.34. The lowest BCUT2D eigenvalue weighted by Gasteiger charge is -2.33. The third kappa shape index (κ3) is 3.95. The second-order valence-electron chi connectivity index (χ2n) is 6.63. The molecule has 0 aliphatic heterocycles. The molecule has 0 aromatic carbocycles. The second-order valence-corrected chi connectivity index (χ2v) is 9.50. The van der Waals surface area contributed by atoms with Crippen LogP contribution in [-0.4, -0.2) is 30.1 Å². The highest BCUT2D eigenvalue weighted by Gasteiger charge is 2.33. The summed E-state index contributed by atoms with van der Waals surface area (Å²) in [7, 11) is -3.06. The van der Waals surface area contributed by atoms with Crippen molar-refractivity contribution >= 4 is 9.84 Å². The molecule has 3 nitrogen and oxygen atoms in total. The van der Waals surface area contributed by atoms with Crippen molar-refractivity contribution in [2.45, 2.75) is 70.7 Å². The lowest BCUT2D eigenvalue weighted by Crippen LogP contribution is -2.34. The maximum atomic E-state index is 12.1. The summed E-state index contributed by atoms with van der Waals surface area (Å²) >= 11 is 0. The zero-order valence-electron chi connectivity index (χ0n) is 12.1. The Balaban J connectivity index is 2.57. The molecular formula is C14H28O3S. The predicted octanol–water partition coefficient (Wildman–Crippen LogP) is 2.78. The van der Waals surface area contributed by atoms with Gasteiger partial charge in [-0.1, -0.05) is 13.3 Å².